The summed E-state index contributed by atoms with van der Waals surface area (Å²) in [7, 11) is 0. The highest BCUT2D eigenvalue weighted by atomic mass is 32.2. The zero-order valence-corrected chi connectivity index (χ0v) is 12.2. The fourth-order valence-corrected chi connectivity index (χ4v) is 2.42. The molecule has 1 amide bonds. The third-order valence-corrected chi connectivity index (χ3v) is 3.70. The van der Waals surface area contributed by atoms with E-state index in [2.05, 4.69) is 5.43 Å². The van der Waals surface area contributed by atoms with Gasteiger partial charge in [0.15, 0.2) is 0 Å². The lowest BCUT2D eigenvalue weighted by atomic mass is 10.2. The molecule has 0 spiro atoms. The Bertz CT molecular complexity index is 602. The Labute approximate surface area is 127 Å². The van der Waals surface area contributed by atoms with Gasteiger partial charge in [-0.2, -0.15) is 0 Å². The Kier molecular flexibility index (Phi) is 5.48. The number of anilines is 1. The van der Waals surface area contributed by atoms with Crippen molar-refractivity contribution in [2.24, 2.45) is 5.84 Å². The van der Waals surface area contributed by atoms with Crippen molar-refractivity contribution in [1.29, 1.82) is 0 Å². The second-order valence-corrected chi connectivity index (χ2v) is 5.44. The van der Waals surface area contributed by atoms with Crippen molar-refractivity contribution < 1.29 is 9.53 Å². The molecule has 2 aromatic carbocycles. The van der Waals surface area contributed by atoms with Gasteiger partial charge in [0, 0.05) is 21.9 Å². The Balaban J connectivity index is 1.80. The molecule has 21 heavy (non-hydrogen) atoms. The Hall–Kier alpha value is -2.18. The fraction of sp³-hybridized carbons (Fsp3) is 0.133. The quantitative estimate of drug-likeness (QED) is 0.190. The first-order valence-electron chi connectivity index (χ1n) is 6.41. The van der Waals surface area contributed by atoms with Crippen molar-refractivity contribution in [3.63, 3.8) is 0 Å². The summed E-state index contributed by atoms with van der Waals surface area (Å²) in [5.74, 6) is 6.21. The van der Waals surface area contributed by atoms with Gasteiger partial charge in [0.25, 0.3) is 5.91 Å². The maximum absolute atomic E-state index is 11.4. The van der Waals surface area contributed by atoms with E-state index in [9.17, 15) is 4.79 Å². The van der Waals surface area contributed by atoms with Crippen LogP contribution >= 0.6 is 11.8 Å². The molecule has 0 unspecified atom stereocenters. The largest absolute Gasteiger partial charge is 0.493 e. The first kappa shape index (κ1) is 15.2. The zero-order valence-electron chi connectivity index (χ0n) is 11.4. The van der Waals surface area contributed by atoms with Crippen molar-refractivity contribution in [1.82, 2.24) is 5.43 Å². The fourth-order valence-electron chi connectivity index (χ4n) is 1.69. The molecule has 0 aliphatic carbocycles. The van der Waals surface area contributed by atoms with Crippen molar-refractivity contribution in [3.05, 3.63) is 54.1 Å². The van der Waals surface area contributed by atoms with Crippen molar-refractivity contribution in [3.8, 4) is 5.75 Å². The normalized spacial score (nSPS) is 10.1. The smallest absolute Gasteiger partial charge is 0.265 e. The Morgan fingerprint density at radius 2 is 1.95 bits per heavy atom. The van der Waals surface area contributed by atoms with E-state index in [0.29, 0.717) is 17.9 Å². The maximum atomic E-state index is 11.4. The lowest BCUT2D eigenvalue weighted by molar-refractivity contribution is 0.0953. The van der Waals surface area contributed by atoms with Gasteiger partial charge in [0.05, 0.1) is 6.61 Å². The summed E-state index contributed by atoms with van der Waals surface area (Å²) in [5.41, 5.74) is 8.95. The van der Waals surface area contributed by atoms with Crippen molar-refractivity contribution >= 4 is 23.4 Å². The standard InChI is InChI=1S/C15H17N3O2S/c16-12-4-6-14(7-5-12)21-9-8-20-13-3-1-2-11(10-13)15(19)18-17/h1-7,10H,8-9,16-17H2,(H,18,19). The molecule has 0 aromatic heterocycles. The molecule has 0 atom stereocenters. The molecule has 110 valence electrons. The summed E-state index contributed by atoms with van der Waals surface area (Å²) >= 11 is 1.68. The number of benzene rings is 2. The van der Waals surface area contributed by atoms with E-state index >= 15 is 0 Å². The van der Waals surface area contributed by atoms with Crippen LogP contribution < -0.4 is 21.7 Å². The molecule has 0 heterocycles. The number of carbonyl (C=O) groups excluding carboxylic acids is 1. The molecule has 0 saturated heterocycles. The monoisotopic (exact) mass is 303 g/mol. The highest BCUT2D eigenvalue weighted by Gasteiger charge is 2.04. The van der Waals surface area contributed by atoms with E-state index in [1.807, 2.05) is 24.3 Å². The van der Waals surface area contributed by atoms with E-state index < -0.39 is 0 Å². The molecule has 0 fully saturated rings. The van der Waals surface area contributed by atoms with Gasteiger partial charge in [-0.1, -0.05) is 6.07 Å². The van der Waals surface area contributed by atoms with Crippen LogP contribution in [0.2, 0.25) is 0 Å². The second-order valence-electron chi connectivity index (χ2n) is 4.27. The summed E-state index contributed by atoms with van der Waals surface area (Å²) in [6.07, 6.45) is 0. The molecule has 6 heteroatoms. The van der Waals surface area contributed by atoms with Gasteiger partial charge in [0.1, 0.15) is 5.75 Å². The number of ether oxygens (including phenoxy) is 1. The van der Waals surface area contributed by atoms with Crippen molar-refractivity contribution in [2.45, 2.75) is 4.90 Å². The minimum atomic E-state index is -0.336. The predicted octanol–water partition coefficient (Wildman–Crippen LogP) is 2.04. The molecular formula is C15H17N3O2S. The van der Waals surface area contributed by atoms with Crippen LogP contribution in [0.15, 0.2) is 53.4 Å². The molecule has 0 radical (unpaired) electrons. The van der Waals surface area contributed by atoms with Gasteiger partial charge in [-0.25, -0.2) is 5.84 Å². The molecule has 5 nitrogen and oxygen atoms in total. The number of carbonyl (C=O) groups is 1. The van der Waals surface area contributed by atoms with Gasteiger partial charge < -0.3 is 10.5 Å². The molecule has 2 aromatic rings. The van der Waals surface area contributed by atoms with Crippen LogP contribution in [0.25, 0.3) is 0 Å². The van der Waals surface area contributed by atoms with Gasteiger partial charge in [0.2, 0.25) is 0 Å². The molecule has 5 N–H and O–H groups in total. The Morgan fingerprint density at radius 3 is 2.67 bits per heavy atom. The number of rotatable bonds is 6. The second kappa shape index (κ2) is 7.56. The third-order valence-electron chi connectivity index (χ3n) is 2.73. The molecule has 0 aliphatic heterocycles. The average Bonchev–Trinajstić information content (AvgIpc) is 2.53. The molecule has 0 bridgehead atoms. The number of nitrogen functional groups attached to an aromatic ring is 2. The molecule has 2 rings (SSSR count). The van der Waals surface area contributed by atoms with Gasteiger partial charge in [-0.05, 0) is 42.5 Å². The number of hydrogen-bond donors (Lipinski definition) is 3. The topological polar surface area (TPSA) is 90.4 Å². The van der Waals surface area contributed by atoms with Crippen LogP contribution in [0.3, 0.4) is 0 Å². The van der Waals surface area contributed by atoms with E-state index in [0.717, 1.165) is 16.3 Å². The Morgan fingerprint density at radius 1 is 1.19 bits per heavy atom. The number of hydrogen-bond acceptors (Lipinski definition) is 5. The summed E-state index contributed by atoms with van der Waals surface area (Å²) < 4.78 is 5.62. The van der Waals surface area contributed by atoms with E-state index in [-0.39, 0.29) is 5.91 Å². The summed E-state index contributed by atoms with van der Waals surface area (Å²) in [6, 6.07) is 14.6. The minimum absolute atomic E-state index is 0.336. The van der Waals surface area contributed by atoms with Crippen LogP contribution in [0.4, 0.5) is 5.69 Å². The number of nitrogens with two attached hydrogens (primary N) is 2. The lowest BCUT2D eigenvalue weighted by Crippen LogP contribution is -2.29. The first-order chi connectivity index (χ1) is 10.2. The SMILES string of the molecule is NNC(=O)c1cccc(OCCSc2ccc(N)cc2)c1. The highest BCUT2D eigenvalue weighted by molar-refractivity contribution is 7.99. The summed E-state index contributed by atoms with van der Waals surface area (Å²) in [4.78, 5) is 12.5. The van der Waals surface area contributed by atoms with E-state index in [4.69, 9.17) is 16.3 Å². The minimum Gasteiger partial charge on any atom is -0.493 e. The number of thioether (sulfide) groups is 1. The number of nitrogens with one attached hydrogen (secondary N) is 1. The third kappa shape index (κ3) is 4.70. The predicted molar refractivity (Wildman–Crippen MR) is 85.2 cm³/mol. The van der Waals surface area contributed by atoms with E-state index in [1.165, 1.54) is 0 Å². The van der Waals surface area contributed by atoms with Crippen LogP contribution in [0, 0.1) is 0 Å². The van der Waals surface area contributed by atoms with Crippen LogP contribution in [0.5, 0.6) is 5.75 Å². The zero-order chi connectivity index (χ0) is 15.1. The van der Waals surface area contributed by atoms with Gasteiger partial charge in [-0.15, -0.1) is 11.8 Å². The van der Waals surface area contributed by atoms with E-state index in [1.54, 1.807) is 36.0 Å². The molecule has 0 aliphatic rings. The number of amides is 1. The molecular weight excluding hydrogens is 286 g/mol. The first-order valence-corrected chi connectivity index (χ1v) is 7.40. The summed E-state index contributed by atoms with van der Waals surface area (Å²) in [6.45, 7) is 0.544. The van der Waals surface area contributed by atoms with Gasteiger partial charge >= 0.3 is 0 Å². The highest BCUT2D eigenvalue weighted by Crippen LogP contribution is 2.19. The summed E-state index contributed by atoms with van der Waals surface area (Å²) in [5, 5.41) is 0. The van der Waals surface area contributed by atoms with Crippen LogP contribution in [0.1, 0.15) is 10.4 Å². The van der Waals surface area contributed by atoms with Crippen molar-refractivity contribution in [2.75, 3.05) is 18.1 Å². The number of hydrazine groups is 1. The van der Waals surface area contributed by atoms with Crippen LogP contribution in [-0.2, 0) is 0 Å². The average molecular weight is 303 g/mol. The maximum Gasteiger partial charge on any atom is 0.265 e. The molecule has 0 saturated carbocycles. The van der Waals surface area contributed by atoms with Crippen LogP contribution in [-0.4, -0.2) is 18.3 Å². The lowest BCUT2D eigenvalue weighted by Gasteiger charge is -2.07. The van der Waals surface area contributed by atoms with Gasteiger partial charge in [-0.3, -0.25) is 10.2 Å².